The van der Waals surface area contributed by atoms with Gasteiger partial charge < -0.3 is 10.2 Å². The number of nitrogens with zero attached hydrogens (tertiary/aromatic N) is 1. The van der Waals surface area contributed by atoms with Crippen LogP contribution in [0.15, 0.2) is 54.6 Å². The Morgan fingerprint density at radius 2 is 1.15 bits per heavy atom. The molecule has 0 bridgehead atoms. The number of hydrogen-bond donors (Lipinski definition) is 2. The fourth-order valence-corrected chi connectivity index (χ4v) is 7.05. The molecule has 3 nitrogen and oxygen atoms in total. The van der Waals surface area contributed by atoms with E-state index in [0.29, 0.717) is 11.5 Å². The third-order valence-corrected chi connectivity index (χ3v) is 7.79. The number of para-hydroxylation sites is 1. The monoisotopic (exact) mass is 385 g/mol. The molecule has 0 saturated heterocycles. The van der Waals surface area contributed by atoms with Gasteiger partial charge in [-0.15, -0.1) is 22.7 Å². The topological polar surface area (TPSA) is 44.9 Å². The molecule has 27 heavy (non-hydrogen) atoms. The Kier molecular flexibility index (Phi) is 2.32. The zero-order valence-corrected chi connectivity index (χ0v) is 15.5. The molecule has 0 fully saturated rings. The van der Waals surface area contributed by atoms with Gasteiger partial charge in [-0.05, 0) is 36.4 Å². The van der Waals surface area contributed by atoms with Gasteiger partial charge in [0, 0.05) is 41.7 Å². The van der Waals surface area contributed by atoms with Crippen LogP contribution in [0.25, 0.3) is 56.9 Å². The highest BCUT2D eigenvalue weighted by molar-refractivity contribution is 7.27. The second kappa shape index (κ2) is 4.44. The first-order valence-electron chi connectivity index (χ1n) is 8.65. The van der Waals surface area contributed by atoms with E-state index in [1.165, 1.54) is 47.5 Å². The van der Waals surface area contributed by atoms with Gasteiger partial charge in [-0.2, -0.15) is 0 Å². The van der Waals surface area contributed by atoms with Crippen molar-refractivity contribution < 1.29 is 10.2 Å². The number of thiophene rings is 2. The number of benzene rings is 3. The smallest absolute Gasteiger partial charge is 0.117 e. The molecule has 0 spiro atoms. The summed E-state index contributed by atoms with van der Waals surface area (Å²) in [4.78, 5) is 2.43. The van der Waals surface area contributed by atoms with Crippen LogP contribution in [0, 0.1) is 0 Å². The minimum absolute atomic E-state index is 0.302. The molecule has 0 saturated carbocycles. The molecule has 0 radical (unpaired) electrons. The lowest BCUT2D eigenvalue weighted by atomic mass is 10.1. The highest BCUT2D eigenvalue weighted by Crippen LogP contribution is 2.49. The van der Waals surface area contributed by atoms with E-state index in [9.17, 15) is 10.2 Å². The summed E-state index contributed by atoms with van der Waals surface area (Å²) >= 11 is 3.45. The van der Waals surface area contributed by atoms with Crippen molar-refractivity contribution in [1.82, 2.24) is 4.40 Å². The quantitative estimate of drug-likeness (QED) is 0.306. The van der Waals surface area contributed by atoms with Gasteiger partial charge in [-0.25, -0.2) is 0 Å². The van der Waals surface area contributed by atoms with Gasteiger partial charge in [-0.1, -0.05) is 18.2 Å². The van der Waals surface area contributed by atoms with Crippen LogP contribution < -0.4 is 0 Å². The Bertz CT molecular complexity index is 1580. The van der Waals surface area contributed by atoms with Crippen LogP contribution in [0.1, 0.15) is 0 Å². The van der Waals surface area contributed by atoms with Crippen molar-refractivity contribution in [1.29, 1.82) is 0 Å². The van der Waals surface area contributed by atoms with E-state index in [1.54, 1.807) is 34.8 Å². The number of rotatable bonds is 0. The predicted molar refractivity (Wildman–Crippen MR) is 115 cm³/mol. The van der Waals surface area contributed by atoms with Gasteiger partial charge in [0.2, 0.25) is 0 Å². The predicted octanol–water partition coefficient (Wildman–Crippen LogP) is 6.68. The number of fused-ring (bicyclic) bond motifs is 10. The Labute approximate surface area is 160 Å². The van der Waals surface area contributed by atoms with Crippen molar-refractivity contribution in [3.8, 4) is 11.5 Å². The first-order chi connectivity index (χ1) is 13.2. The lowest BCUT2D eigenvalue weighted by molar-refractivity contribution is 0.475. The van der Waals surface area contributed by atoms with E-state index in [-0.39, 0.29) is 0 Å². The number of phenolic OH excluding ortho intramolecular Hbond substituents is 2. The molecule has 5 heteroatoms. The molecular formula is C22H11NO2S2. The second-order valence-electron chi connectivity index (χ2n) is 6.96. The van der Waals surface area contributed by atoms with Gasteiger partial charge in [0.15, 0.2) is 0 Å². The van der Waals surface area contributed by atoms with Crippen LogP contribution in [0.2, 0.25) is 0 Å². The zero-order chi connectivity index (χ0) is 17.9. The summed E-state index contributed by atoms with van der Waals surface area (Å²) in [5.41, 5.74) is 1.27. The highest BCUT2D eigenvalue weighted by Gasteiger charge is 2.23. The molecule has 7 aromatic rings. The van der Waals surface area contributed by atoms with Gasteiger partial charge in [-0.3, -0.25) is 4.40 Å². The fraction of sp³-hybridized carbons (Fsp3) is 0. The number of aromatic hydroxyl groups is 2. The third kappa shape index (κ3) is 1.54. The molecule has 0 aliphatic heterocycles. The van der Waals surface area contributed by atoms with Crippen molar-refractivity contribution in [3.63, 3.8) is 0 Å². The molecule has 0 aliphatic rings. The minimum atomic E-state index is 0.302. The summed E-state index contributed by atoms with van der Waals surface area (Å²) in [6.07, 6.45) is 0. The molecule has 4 heterocycles. The number of aromatic nitrogens is 1. The fourth-order valence-electron chi connectivity index (χ4n) is 4.46. The lowest BCUT2D eigenvalue weighted by Gasteiger charge is -1.96. The van der Waals surface area contributed by atoms with Gasteiger partial charge in [0.05, 0.1) is 5.52 Å². The first-order valence-corrected chi connectivity index (χ1v) is 10.3. The summed E-state index contributed by atoms with van der Waals surface area (Å²) in [7, 11) is 0. The summed E-state index contributed by atoms with van der Waals surface area (Å²) < 4.78 is 4.57. The Morgan fingerprint density at radius 1 is 0.630 bits per heavy atom. The van der Waals surface area contributed by atoms with Crippen molar-refractivity contribution in [3.05, 3.63) is 54.6 Å². The lowest BCUT2D eigenvalue weighted by Crippen LogP contribution is -1.73. The normalized spacial score (nSPS) is 12.7. The van der Waals surface area contributed by atoms with Gasteiger partial charge in [0.25, 0.3) is 0 Å². The molecule has 0 amide bonds. The Hall–Kier alpha value is -3.02. The van der Waals surface area contributed by atoms with Crippen LogP contribution in [-0.2, 0) is 0 Å². The SMILES string of the molecule is Oc1ccc2c(c1)sc1c2c2cccc3c4c5ccc(O)cc5sc4n1c23. The second-order valence-corrected chi connectivity index (χ2v) is 9.02. The van der Waals surface area contributed by atoms with Crippen LogP contribution in [0.4, 0.5) is 0 Å². The summed E-state index contributed by atoms with van der Waals surface area (Å²) in [6, 6.07) is 17.8. The van der Waals surface area contributed by atoms with Crippen molar-refractivity contribution in [2.45, 2.75) is 0 Å². The molecule has 2 N–H and O–H groups in total. The van der Waals surface area contributed by atoms with Crippen LogP contribution in [0.5, 0.6) is 11.5 Å². The molecule has 7 rings (SSSR count). The third-order valence-electron chi connectivity index (χ3n) is 5.51. The minimum Gasteiger partial charge on any atom is -0.508 e. The summed E-state index contributed by atoms with van der Waals surface area (Å²) in [6.45, 7) is 0. The van der Waals surface area contributed by atoms with Crippen molar-refractivity contribution in [2.24, 2.45) is 0 Å². The van der Waals surface area contributed by atoms with E-state index >= 15 is 0 Å². The van der Waals surface area contributed by atoms with Gasteiger partial charge in [0.1, 0.15) is 21.2 Å². The first kappa shape index (κ1) is 14.1. The maximum atomic E-state index is 9.90. The van der Waals surface area contributed by atoms with Gasteiger partial charge >= 0.3 is 0 Å². The maximum absolute atomic E-state index is 9.90. The molecule has 0 atom stereocenters. The Balaban J connectivity index is 1.84. The molecule has 0 unspecified atom stereocenters. The highest BCUT2D eigenvalue weighted by atomic mass is 32.1. The maximum Gasteiger partial charge on any atom is 0.117 e. The van der Waals surface area contributed by atoms with E-state index in [4.69, 9.17) is 0 Å². The molecule has 3 aromatic carbocycles. The zero-order valence-electron chi connectivity index (χ0n) is 13.9. The van der Waals surface area contributed by atoms with Crippen LogP contribution in [0.3, 0.4) is 0 Å². The van der Waals surface area contributed by atoms with E-state index in [2.05, 4.69) is 22.6 Å². The molecule has 0 aliphatic carbocycles. The van der Waals surface area contributed by atoms with E-state index in [0.717, 1.165) is 9.40 Å². The summed E-state index contributed by atoms with van der Waals surface area (Å²) in [5, 5.41) is 27.2. The number of phenols is 2. The van der Waals surface area contributed by atoms with Crippen molar-refractivity contribution >= 4 is 79.6 Å². The van der Waals surface area contributed by atoms with E-state index in [1.807, 2.05) is 24.3 Å². The average molecular weight is 385 g/mol. The Morgan fingerprint density at radius 3 is 1.67 bits per heavy atom. The van der Waals surface area contributed by atoms with Crippen LogP contribution in [-0.4, -0.2) is 14.6 Å². The summed E-state index contributed by atoms with van der Waals surface area (Å²) in [5.74, 6) is 0.603. The van der Waals surface area contributed by atoms with Crippen LogP contribution >= 0.6 is 22.7 Å². The molecule has 4 aromatic heterocycles. The number of hydrogen-bond acceptors (Lipinski definition) is 4. The van der Waals surface area contributed by atoms with E-state index < -0.39 is 0 Å². The standard InChI is InChI=1S/C22H11NO2S2/c24-10-4-6-12-16(8-10)26-21-18(12)14-2-1-3-15-19-13-7-5-11(25)9-17(13)27-22(19)23(21)20(14)15/h1-9,24-25H. The average Bonchev–Trinajstić information content (AvgIpc) is 3.34. The molecular weight excluding hydrogens is 374 g/mol. The largest absolute Gasteiger partial charge is 0.508 e. The molecule has 128 valence electrons. The van der Waals surface area contributed by atoms with Crippen molar-refractivity contribution in [2.75, 3.05) is 0 Å².